The second-order valence-electron chi connectivity index (χ2n) is 7.51. The first-order chi connectivity index (χ1) is 16.0. The van der Waals surface area contributed by atoms with Crippen LogP contribution in [-0.2, 0) is 19.1 Å². The van der Waals surface area contributed by atoms with Crippen LogP contribution in [0.25, 0.3) is 11.1 Å². The number of esters is 1. The summed E-state index contributed by atoms with van der Waals surface area (Å²) in [5, 5.41) is 11.9. The normalized spacial score (nSPS) is 12.8. The Morgan fingerprint density at radius 1 is 1.06 bits per heavy atom. The highest BCUT2D eigenvalue weighted by molar-refractivity contribution is 7.99. The first-order valence-corrected chi connectivity index (χ1v) is 11.8. The molecule has 0 fully saturated rings. The Hall–Kier alpha value is -3.26. The van der Waals surface area contributed by atoms with Gasteiger partial charge in [-0.3, -0.25) is 4.79 Å². The van der Waals surface area contributed by atoms with Crippen LogP contribution in [0, 0.1) is 0 Å². The third kappa shape index (κ3) is 6.61. The number of aliphatic carboxylic acids is 1. The van der Waals surface area contributed by atoms with E-state index in [0.29, 0.717) is 12.2 Å². The summed E-state index contributed by atoms with van der Waals surface area (Å²) in [7, 11) is 0. The van der Waals surface area contributed by atoms with Crippen LogP contribution in [0.5, 0.6) is 0 Å². The molecule has 0 spiro atoms. The molecule has 0 unspecified atom stereocenters. The third-order valence-electron chi connectivity index (χ3n) is 5.25. The second kappa shape index (κ2) is 12.1. The summed E-state index contributed by atoms with van der Waals surface area (Å²) in [4.78, 5) is 35.3. The first kappa shape index (κ1) is 24.4. The van der Waals surface area contributed by atoms with E-state index in [0.717, 1.165) is 22.3 Å². The zero-order valence-corrected chi connectivity index (χ0v) is 19.0. The number of fused-ring (bicyclic) bond motifs is 3. The molecule has 7 nitrogen and oxygen atoms in total. The molecule has 174 valence electrons. The zero-order valence-electron chi connectivity index (χ0n) is 18.2. The van der Waals surface area contributed by atoms with Crippen molar-refractivity contribution in [3.8, 4) is 11.1 Å². The van der Waals surface area contributed by atoms with Crippen molar-refractivity contribution >= 4 is 29.8 Å². The van der Waals surface area contributed by atoms with Crippen molar-refractivity contribution in [3.05, 3.63) is 72.3 Å². The molecule has 1 aliphatic rings. The Bertz CT molecular complexity index is 962. The van der Waals surface area contributed by atoms with Crippen molar-refractivity contribution < 1.29 is 29.0 Å². The maximum absolute atomic E-state index is 12.3. The van der Waals surface area contributed by atoms with Gasteiger partial charge in [-0.1, -0.05) is 61.2 Å². The third-order valence-corrected chi connectivity index (χ3v) is 6.40. The largest absolute Gasteiger partial charge is 0.480 e. The number of carboxylic acid groups (broad SMARTS) is 1. The van der Waals surface area contributed by atoms with Crippen LogP contribution in [0.15, 0.2) is 61.2 Å². The Labute approximate surface area is 197 Å². The predicted molar refractivity (Wildman–Crippen MR) is 127 cm³/mol. The second-order valence-corrected chi connectivity index (χ2v) is 8.66. The van der Waals surface area contributed by atoms with E-state index in [1.165, 1.54) is 17.8 Å². The van der Waals surface area contributed by atoms with Crippen LogP contribution < -0.4 is 5.32 Å². The smallest absolute Gasteiger partial charge is 0.407 e. The van der Waals surface area contributed by atoms with Crippen molar-refractivity contribution in [3.63, 3.8) is 0 Å². The molecule has 0 heterocycles. The lowest BCUT2D eigenvalue weighted by Crippen LogP contribution is -2.43. The van der Waals surface area contributed by atoms with E-state index in [2.05, 4.69) is 11.9 Å². The van der Waals surface area contributed by atoms with E-state index in [1.54, 1.807) is 0 Å². The number of hydrogen-bond acceptors (Lipinski definition) is 6. The number of rotatable bonds is 12. The highest BCUT2D eigenvalue weighted by atomic mass is 32.2. The Kier molecular flexibility index (Phi) is 8.95. The number of ether oxygens (including phenoxy) is 2. The first-order valence-electron chi connectivity index (χ1n) is 10.7. The quantitative estimate of drug-likeness (QED) is 0.273. The van der Waals surface area contributed by atoms with Gasteiger partial charge < -0.3 is 19.9 Å². The number of amides is 1. The number of nitrogens with one attached hydrogen (secondary N) is 1. The van der Waals surface area contributed by atoms with Crippen LogP contribution in [0.2, 0.25) is 0 Å². The van der Waals surface area contributed by atoms with Gasteiger partial charge in [0.1, 0.15) is 19.3 Å². The fourth-order valence-electron chi connectivity index (χ4n) is 3.70. The molecule has 0 bridgehead atoms. The molecule has 1 aliphatic carbocycles. The van der Waals surface area contributed by atoms with E-state index in [1.807, 2.05) is 48.5 Å². The molecule has 2 aromatic carbocycles. The summed E-state index contributed by atoms with van der Waals surface area (Å²) in [5.41, 5.74) is 4.41. The molecule has 2 aromatic rings. The number of carbonyl (C=O) groups is 3. The summed E-state index contributed by atoms with van der Waals surface area (Å²) >= 11 is 1.34. The lowest BCUT2D eigenvalue weighted by atomic mass is 9.98. The SMILES string of the molecule is C=CCOC(=O)CCCSC[C@H](NC(=O)OCC1c2ccccc2-c2ccccc21)C(=O)O. The monoisotopic (exact) mass is 469 g/mol. The number of thioether (sulfide) groups is 1. The molecule has 0 saturated heterocycles. The number of hydrogen-bond donors (Lipinski definition) is 2. The maximum atomic E-state index is 12.3. The number of alkyl carbamates (subject to hydrolysis) is 1. The standard InChI is InChI=1S/C25H27NO6S/c1-2-13-31-23(27)12-7-14-33-16-22(24(28)29)26-25(30)32-15-21-19-10-5-3-8-17(19)18-9-4-6-11-20(18)21/h2-6,8-11,21-22H,1,7,12-16H2,(H,26,30)(H,28,29)/t22-/m0/s1. The molecule has 2 N–H and O–H groups in total. The van der Waals surface area contributed by atoms with Crippen LogP contribution in [0.1, 0.15) is 29.9 Å². The predicted octanol–water partition coefficient (Wildman–Crippen LogP) is 4.22. The van der Waals surface area contributed by atoms with Crippen molar-refractivity contribution in [1.29, 1.82) is 0 Å². The average molecular weight is 470 g/mol. The van der Waals surface area contributed by atoms with Gasteiger partial charge in [0.15, 0.2) is 0 Å². The van der Waals surface area contributed by atoms with Gasteiger partial charge in [0, 0.05) is 18.1 Å². The van der Waals surface area contributed by atoms with Gasteiger partial charge in [-0.2, -0.15) is 11.8 Å². The molecule has 0 radical (unpaired) electrons. The van der Waals surface area contributed by atoms with E-state index < -0.39 is 18.1 Å². The minimum atomic E-state index is -1.14. The van der Waals surface area contributed by atoms with Crippen molar-refractivity contribution in [1.82, 2.24) is 5.32 Å². The molecule has 0 aromatic heterocycles. The summed E-state index contributed by atoms with van der Waals surface area (Å²) in [6, 6.07) is 14.9. The van der Waals surface area contributed by atoms with Gasteiger partial charge >= 0.3 is 18.0 Å². The Morgan fingerprint density at radius 2 is 1.70 bits per heavy atom. The summed E-state index contributed by atoms with van der Waals surface area (Å²) in [6.07, 6.45) is 1.54. The van der Waals surface area contributed by atoms with E-state index in [4.69, 9.17) is 9.47 Å². The molecule has 0 saturated carbocycles. The molecule has 0 aliphatic heterocycles. The Morgan fingerprint density at radius 3 is 2.30 bits per heavy atom. The summed E-state index contributed by atoms with van der Waals surface area (Å²) in [6.45, 7) is 3.77. The molecular weight excluding hydrogens is 442 g/mol. The number of carbonyl (C=O) groups excluding carboxylic acids is 2. The molecule has 1 amide bonds. The van der Waals surface area contributed by atoms with Crippen LogP contribution in [0.3, 0.4) is 0 Å². The van der Waals surface area contributed by atoms with Gasteiger partial charge in [0.05, 0.1) is 0 Å². The average Bonchev–Trinajstić information content (AvgIpc) is 3.14. The molecule has 8 heteroatoms. The van der Waals surface area contributed by atoms with Crippen LogP contribution >= 0.6 is 11.8 Å². The lowest BCUT2D eigenvalue weighted by molar-refractivity contribution is -0.142. The summed E-state index contributed by atoms with van der Waals surface area (Å²) < 4.78 is 10.3. The molecule has 1 atom stereocenters. The number of benzene rings is 2. The molecule has 33 heavy (non-hydrogen) atoms. The topological polar surface area (TPSA) is 102 Å². The van der Waals surface area contributed by atoms with Crippen molar-refractivity contribution in [2.75, 3.05) is 24.7 Å². The molecule has 3 rings (SSSR count). The maximum Gasteiger partial charge on any atom is 0.407 e. The Balaban J connectivity index is 1.46. The van der Waals surface area contributed by atoms with Gasteiger partial charge in [-0.05, 0) is 34.4 Å². The van der Waals surface area contributed by atoms with E-state index in [9.17, 15) is 19.5 Å². The fraction of sp³-hybridized carbons (Fsp3) is 0.320. The van der Waals surface area contributed by atoms with Crippen molar-refractivity contribution in [2.24, 2.45) is 0 Å². The highest BCUT2D eigenvalue weighted by Gasteiger charge is 2.29. The highest BCUT2D eigenvalue weighted by Crippen LogP contribution is 2.44. The fourth-order valence-corrected chi connectivity index (χ4v) is 4.68. The van der Waals surface area contributed by atoms with E-state index >= 15 is 0 Å². The van der Waals surface area contributed by atoms with Crippen molar-refractivity contribution in [2.45, 2.75) is 24.8 Å². The van der Waals surface area contributed by atoms with E-state index in [-0.39, 0.29) is 37.3 Å². The van der Waals surface area contributed by atoms with Crippen LogP contribution in [0.4, 0.5) is 4.79 Å². The van der Waals surface area contributed by atoms with Gasteiger partial charge in [0.25, 0.3) is 0 Å². The zero-order chi connectivity index (χ0) is 23.6. The van der Waals surface area contributed by atoms with Crippen LogP contribution in [-0.4, -0.2) is 53.9 Å². The number of carboxylic acids is 1. The van der Waals surface area contributed by atoms with Gasteiger partial charge in [-0.15, -0.1) is 0 Å². The summed E-state index contributed by atoms with van der Waals surface area (Å²) in [5.74, 6) is -0.814. The minimum Gasteiger partial charge on any atom is -0.480 e. The molecular formula is C25H27NO6S. The van der Waals surface area contributed by atoms with Gasteiger partial charge in [-0.25, -0.2) is 9.59 Å². The lowest BCUT2D eigenvalue weighted by Gasteiger charge is -2.17. The minimum absolute atomic E-state index is 0.0957. The van der Waals surface area contributed by atoms with Gasteiger partial charge in [0.2, 0.25) is 0 Å².